The van der Waals surface area contributed by atoms with Crippen LogP contribution < -0.4 is 10.6 Å². The smallest absolute Gasteiger partial charge is 0.272 e. The average molecular weight is 516 g/mol. The first kappa shape index (κ1) is 23.0. The minimum absolute atomic E-state index is 0.0309. The number of imidazole rings is 1. The number of carbonyl (C=O) groups excluding carboxylic acids is 1. The summed E-state index contributed by atoms with van der Waals surface area (Å²) >= 11 is 6.43. The van der Waals surface area contributed by atoms with E-state index in [9.17, 15) is 4.79 Å². The van der Waals surface area contributed by atoms with Crippen molar-refractivity contribution in [3.05, 3.63) is 71.2 Å². The number of rotatable bonds is 7. The number of H-pyrrole nitrogens is 1. The van der Waals surface area contributed by atoms with Gasteiger partial charge in [0, 0.05) is 35.3 Å². The van der Waals surface area contributed by atoms with Crippen molar-refractivity contribution in [2.24, 2.45) is 0 Å². The minimum Gasteiger partial charge on any atom is -0.358 e. The van der Waals surface area contributed by atoms with Crippen LogP contribution in [0.4, 0.5) is 11.5 Å². The Morgan fingerprint density at radius 2 is 1.97 bits per heavy atom. The molecule has 1 atom stereocenters. The van der Waals surface area contributed by atoms with Crippen molar-refractivity contribution < 1.29 is 9.32 Å². The van der Waals surface area contributed by atoms with Gasteiger partial charge >= 0.3 is 0 Å². The monoisotopic (exact) mass is 515 g/mol. The van der Waals surface area contributed by atoms with Crippen LogP contribution in [-0.4, -0.2) is 41.0 Å². The highest BCUT2D eigenvalue weighted by Crippen LogP contribution is 2.46. The number of pyridine rings is 2. The number of hydrogen-bond acceptors (Lipinski definition) is 9. The summed E-state index contributed by atoms with van der Waals surface area (Å²) in [6.07, 6.45) is 6.81. The largest absolute Gasteiger partial charge is 0.358 e. The van der Waals surface area contributed by atoms with Crippen molar-refractivity contribution >= 4 is 40.2 Å². The second-order valence-electron chi connectivity index (χ2n) is 9.27. The maximum atomic E-state index is 13.0. The lowest BCUT2D eigenvalue weighted by atomic mass is 10.1. The average Bonchev–Trinajstić information content (AvgIpc) is 3.30. The summed E-state index contributed by atoms with van der Waals surface area (Å²) in [5.41, 5.74) is 3.94. The molecule has 5 heterocycles. The topological polar surface area (TPSA) is 147 Å². The number of amides is 1. The van der Waals surface area contributed by atoms with Gasteiger partial charge in [0.15, 0.2) is 28.7 Å². The van der Waals surface area contributed by atoms with Crippen molar-refractivity contribution in [2.75, 3.05) is 5.32 Å². The molecule has 1 amide bonds. The molecule has 0 radical (unpaired) electrons. The molecule has 0 saturated heterocycles. The van der Waals surface area contributed by atoms with Crippen LogP contribution >= 0.6 is 11.6 Å². The molecule has 3 N–H and O–H groups in total. The first-order chi connectivity index (χ1) is 17.9. The van der Waals surface area contributed by atoms with Gasteiger partial charge in [-0.2, -0.15) is 0 Å². The highest BCUT2D eigenvalue weighted by Gasteiger charge is 2.40. The summed E-state index contributed by atoms with van der Waals surface area (Å²) in [5.74, 6) is 0.813. The van der Waals surface area contributed by atoms with Gasteiger partial charge in [-0.3, -0.25) is 9.78 Å². The highest BCUT2D eigenvalue weighted by molar-refractivity contribution is 6.35. The van der Waals surface area contributed by atoms with Crippen LogP contribution in [0.3, 0.4) is 0 Å². The summed E-state index contributed by atoms with van der Waals surface area (Å²) in [6.45, 7) is 3.98. The van der Waals surface area contributed by atoms with Crippen molar-refractivity contribution in [1.29, 1.82) is 0 Å². The molecule has 37 heavy (non-hydrogen) atoms. The molecule has 12 heteroatoms. The molecule has 186 valence electrons. The fraction of sp³-hybridized carbons (Fsp3) is 0.240. The van der Waals surface area contributed by atoms with E-state index in [2.05, 4.69) is 47.6 Å². The van der Waals surface area contributed by atoms with Gasteiger partial charge in [-0.05, 0) is 44.0 Å². The van der Waals surface area contributed by atoms with Crippen LogP contribution in [0.5, 0.6) is 0 Å². The number of nitrogens with one attached hydrogen (secondary N) is 3. The maximum Gasteiger partial charge on any atom is 0.272 e. The minimum atomic E-state index is -0.514. The highest BCUT2D eigenvalue weighted by atomic mass is 35.5. The molecule has 1 fully saturated rings. The summed E-state index contributed by atoms with van der Waals surface area (Å²) < 4.78 is 5.51. The predicted molar refractivity (Wildman–Crippen MR) is 136 cm³/mol. The van der Waals surface area contributed by atoms with Gasteiger partial charge in [-0.25, -0.2) is 19.9 Å². The zero-order valence-electron chi connectivity index (χ0n) is 20.0. The second-order valence-corrected chi connectivity index (χ2v) is 9.65. The van der Waals surface area contributed by atoms with Gasteiger partial charge in [-0.15, -0.1) is 0 Å². The van der Waals surface area contributed by atoms with E-state index in [1.165, 1.54) is 6.33 Å². The fourth-order valence-corrected chi connectivity index (χ4v) is 4.15. The molecule has 0 aromatic carbocycles. The lowest BCUT2D eigenvalue weighted by Gasteiger charge is -2.12. The van der Waals surface area contributed by atoms with E-state index in [0.29, 0.717) is 28.7 Å². The van der Waals surface area contributed by atoms with Crippen molar-refractivity contribution in [3.63, 3.8) is 0 Å². The van der Waals surface area contributed by atoms with Crippen LogP contribution in [0.15, 0.2) is 53.6 Å². The quantitative estimate of drug-likeness (QED) is 0.279. The van der Waals surface area contributed by atoms with Crippen molar-refractivity contribution in [3.8, 4) is 11.5 Å². The number of fused-ring (bicyclic) bond motifs is 1. The number of anilines is 2. The van der Waals surface area contributed by atoms with Crippen LogP contribution in [0.1, 0.15) is 54.7 Å². The Morgan fingerprint density at radius 1 is 1.16 bits per heavy atom. The van der Waals surface area contributed by atoms with Gasteiger partial charge in [0.25, 0.3) is 5.91 Å². The van der Waals surface area contributed by atoms with Crippen molar-refractivity contribution in [1.82, 2.24) is 40.4 Å². The fourth-order valence-electron chi connectivity index (χ4n) is 3.92. The van der Waals surface area contributed by atoms with E-state index in [-0.39, 0.29) is 16.1 Å². The van der Waals surface area contributed by atoms with E-state index in [1.54, 1.807) is 37.5 Å². The second kappa shape index (κ2) is 8.93. The molecule has 11 nitrogen and oxygen atoms in total. The zero-order valence-corrected chi connectivity index (χ0v) is 20.7. The molecule has 1 aliphatic rings. The summed E-state index contributed by atoms with van der Waals surface area (Å²) in [6, 6.07) is 8.76. The third-order valence-corrected chi connectivity index (χ3v) is 6.82. The molecule has 6 rings (SSSR count). The van der Waals surface area contributed by atoms with Gasteiger partial charge in [0.2, 0.25) is 0 Å². The lowest BCUT2D eigenvalue weighted by molar-refractivity contribution is 0.0928. The van der Waals surface area contributed by atoms with Crippen LogP contribution in [0.25, 0.3) is 22.7 Å². The van der Waals surface area contributed by atoms with E-state index in [1.807, 2.05) is 12.1 Å². The third kappa shape index (κ3) is 4.49. The predicted octanol–water partition coefficient (Wildman–Crippen LogP) is 4.74. The first-order valence-electron chi connectivity index (χ1n) is 11.7. The molecule has 1 saturated carbocycles. The Kier molecular flexibility index (Phi) is 5.56. The molecule has 1 aliphatic carbocycles. The maximum absolute atomic E-state index is 13.0. The Bertz CT molecular complexity index is 1610. The lowest BCUT2D eigenvalue weighted by Crippen LogP contribution is -2.27. The molecule has 0 bridgehead atoms. The zero-order chi connectivity index (χ0) is 25.6. The Labute approximate surface area is 216 Å². The van der Waals surface area contributed by atoms with E-state index < -0.39 is 11.9 Å². The van der Waals surface area contributed by atoms with Crippen LogP contribution in [0.2, 0.25) is 5.02 Å². The molecule has 1 unspecified atom stereocenters. The van der Waals surface area contributed by atoms with Crippen LogP contribution in [0, 0.1) is 0 Å². The summed E-state index contributed by atoms with van der Waals surface area (Å²) in [4.78, 5) is 37.7. The molecule has 0 aliphatic heterocycles. The number of nitrogens with zero attached hydrogens (tertiary/aromatic N) is 6. The molecule has 5 aromatic rings. The normalized spacial score (nSPS) is 14.9. The van der Waals surface area contributed by atoms with Crippen molar-refractivity contribution in [2.45, 2.75) is 38.1 Å². The Hall–Kier alpha value is -4.38. The Morgan fingerprint density at radius 3 is 2.76 bits per heavy atom. The van der Waals surface area contributed by atoms with Gasteiger partial charge in [-0.1, -0.05) is 23.7 Å². The number of aromatic nitrogens is 7. The van der Waals surface area contributed by atoms with E-state index >= 15 is 0 Å². The molecular formula is C25H22ClN9O2. The molecule has 5 aromatic heterocycles. The van der Waals surface area contributed by atoms with Gasteiger partial charge in [0.1, 0.15) is 17.0 Å². The summed E-state index contributed by atoms with van der Waals surface area (Å²) in [7, 11) is 0. The standard InChI is InChI=1S/C25H22ClN9O2/c1-13(30-24(36)20-19(26)23(29-12-28-20)31-14-5-9-27-10-6-14)17-11-16(35-37-17)22-32-15-3-4-18(25(2)7-8-25)33-21(15)34-22/h3-6,9-13H,7-8H2,1-2H3,(H,30,36)(H,32,33,34)(H,27,28,29,31). The SMILES string of the molecule is CC(NC(=O)c1ncnc(Nc2ccncc2)c1Cl)c1cc(-c2nc3nc(C4(C)CC4)ccc3[nH]2)no1. The van der Waals surface area contributed by atoms with Gasteiger partial charge < -0.3 is 20.1 Å². The van der Waals surface area contributed by atoms with Gasteiger partial charge in [0.05, 0.1) is 11.6 Å². The number of carbonyl (C=O) groups is 1. The van der Waals surface area contributed by atoms with Crippen LogP contribution in [-0.2, 0) is 5.41 Å². The number of halogens is 1. The molecular weight excluding hydrogens is 494 g/mol. The van der Waals surface area contributed by atoms with E-state index in [4.69, 9.17) is 21.1 Å². The first-order valence-corrected chi connectivity index (χ1v) is 12.1. The Balaban J connectivity index is 1.17. The third-order valence-electron chi connectivity index (χ3n) is 6.46. The van der Waals surface area contributed by atoms with E-state index in [0.717, 1.165) is 29.7 Å². The number of hydrogen-bond donors (Lipinski definition) is 3. The molecule has 0 spiro atoms. The number of aromatic amines is 1. The summed E-state index contributed by atoms with van der Waals surface area (Å²) in [5, 5.41) is 10.1.